The molecule has 0 fully saturated rings. The van der Waals surface area contributed by atoms with Crippen molar-refractivity contribution in [2.45, 2.75) is 11.8 Å². The van der Waals surface area contributed by atoms with E-state index in [-0.39, 0.29) is 12.2 Å². The quantitative estimate of drug-likeness (QED) is 0.568. The molecule has 5 nitrogen and oxygen atoms in total. The van der Waals surface area contributed by atoms with Gasteiger partial charge in [-0.05, 0) is 48.4 Å². The second-order valence-corrected chi connectivity index (χ2v) is 8.73. The average Bonchev–Trinajstić information content (AvgIpc) is 3.48. The van der Waals surface area contributed by atoms with Crippen molar-refractivity contribution in [3.05, 3.63) is 76.8 Å². The third kappa shape index (κ3) is 3.07. The molecule has 0 aromatic heterocycles. The SMILES string of the molecule is Clc1ccc(NCCCN2CC3(COc4cc5c(cc43)OCO5)c3ccccc32)cc1. The Kier molecular flexibility index (Phi) is 4.39. The summed E-state index contributed by atoms with van der Waals surface area (Å²) in [5.74, 6) is 2.49. The molecule has 0 bridgehead atoms. The lowest BCUT2D eigenvalue weighted by atomic mass is 9.77. The Balaban J connectivity index is 1.22. The molecule has 0 saturated carbocycles. The van der Waals surface area contributed by atoms with Crippen LogP contribution >= 0.6 is 11.6 Å². The van der Waals surface area contributed by atoms with Gasteiger partial charge < -0.3 is 24.4 Å². The first-order valence-corrected chi connectivity index (χ1v) is 11.0. The molecule has 0 saturated heterocycles. The molecule has 3 aliphatic heterocycles. The largest absolute Gasteiger partial charge is 0.492 e. The first kappa shape index (κ1) is 18.7. The van der Waals surface area contributed by atoms with Gasteiger partial charge in [0.1, 0.15) is 12.4 Å². The van der Waals surface area contributed by atoms with Crippen molar-refractivity contribution in [3.8, 4) is 17.2 Å². The normalized spacial score (nSPS) is 20.0. The minimum Gasteiger partial charge on any atom is -0.492 e. The number of para-hydroxylation sites is 1. The third-order valence-electron chi connectivity index (χ3n) is 6.46. The van der Waals surface area contributed by atoms with E-state index in [0.29, 0.717) is 6.61 Å². The highest BCUT2D eigenvalue weighted by Gasteiger charge is 2.50. The topological polar surface area (TPSA) is 43.0 Å². The Morgan fingerprint density at radius 2 is 1.71 bits per heavy atom. The fraction of sp³-hybridized carbons (Fsp3) is 0.280. The molecule has 3 heterocycles. The van der Waals surface area contributed by atoms with Crippen molar-refractivity contribution in [1.29, 1.82) is 0 Å². The third-order valence-corrected chi connectivity index (χ3v) is 6.72. The van der Waals surface area contributed by atoms with E-state index in [1.54, 1.807) is 0 Å². The molecule has 1 spiro atoms. The molecule has 3 aromatic rings. The second-order valence-electron chi connectivity index (χ2n) is 8.30. The van der Waals surface area contributed by atoms with Crippen LogP contribution in [0.1, 0.15) is 17.5 Å². The molecule has 6 heteroatoms. The maximum absolute atomic E-state index is 6.17. The van der Waals surface area contributed by atoms with Crippen LogP contribution in [0.15, 0.2) is 60.7 Å². The summed E-state index contributed by atoms with van der Waals surface area (Å²) in [6.07, 6.45) is 1.03. The molecular formula is C25H23ClN2O3. The molecule has 0 radical (unpaired) electrons. The van der Waals surface area contributed by atoms with Gasteiger partial charge in [0.2, 0.25) is 6.79 Å². The molecule has 31 heavy (non-hydrogen) atoms. The van der Waals surface area contributed by atoms with E-state index in [1.165, 1.54) is 16.8 Å². The Labute approximate surface area is 186 Å². The maximum Gasteiger partial charge on any atom is 0.231 e. The predicted octanol–water partition coefficient (Wildman–Crippen LogP) is 5.07. The lowest BCUT2D eigenvalue weighted by Gasteiger charge is -2.25. The summed E-state index contributed by atoms with van der Waals surface area (Å²) in [6, 6.07) is 20.6. The standard InChI is InChI=1S/C25H23ClN2O3/c26-17-6-8-18(9-7-17)27-10-3-11-28-14-25(19-4-1-2-5-21(19)28)15-29-22-13-24-23(12-20(22)25)30-16-31-24/h1-2,4-9,12-13,27H,3,10-11,14-16H2. The number of hydrogen-bond donors (Lipinski definition) is 1. The Morgan fingerprint density at radius 1 is 0.903 bits per heavy atom. The average molecular weight is 435 g/mol. The van der Waals surface area contributed by atoms with Gasteiger partial charge in [-0.15, -0.1) is 0 Å². The number of rotatable bonds is 5. The van der Waals surface area contributed by atoms with Crippen molar-refractivity contribution in [2.75, 3.05) is 43.3 Å². The van der Waals surface area contributed by atoms with Crippen LogP contribution in [0.5, 0.6) is 17.2 Å². The maximum atomic E-state index is 6.17. The summed E-state index contributed by atoms with van der Waals surface area (Å²) in [5.41, 5.74) is 4.75. The highest BCUT2D eigenvalue weighted by molar-refractivity contribution is 6.30. The summed E-state index contributed by atoms with van der Waals surface area (Å²) in [6.45, 7) is 3.69. The number of nitrogens with zero attached hydrogens (tertiary/aromatic N) is 1. The van der Waals surface area contributed by atoms with Crippen molar-refractivity contribution in [3.63, 3.8) is 0 Å². The van der Waals surface area contributed by atoms with Gasteiger partial charge in [-0.3, -0.25) is 0 Å². The smallest absolute Gasteiger partial charge is 0.231 e. The number of anilines is 2. The second kappa shape index (κ2) is 7.27. The fourth-order valence-electron chi connectivity index (χ4n) is 4.97. The lowest BCUT2D eigenvalue weighted by molar-refractivity contribution is 0.173. The fourth-order valence-corrected chi connectivity index (χ4v) is 5.10. The highest BCUT2D eigenvalue weighted by atomic mass is 35.5. The van der Waals surface area contributed by atoms with Gasteiger partial charge in [0.05, 0.1) is 5.41 Å². The van der Waals surface area contributed by atoms with Crippen LogP contribution in [0.3, 0.4) is 0 Å². The molecule has 1 atom stereocenters. The van der Waals surface area contributed by atoms with E-state index in [0.717, 1.165) is 54.0 Å². The van der Waals surface area contributed by atoms with Crippen molar-refractivity contribution < 1.29 is 14.2 Å². The molecule has 1 N–H and O–H groups in total. The Hall–Kier alpha value is -3.05. The zero-order valence-electron chi connectivity index (χ0n) is 17.1. The summed E-state index contributed by atoms with van der Waals surface area (Å²) < 4.78 is 17.4. The van der Waals surface area contributed by atoms with Gasteiger partial charge >= 0.3 is 0 Å². The monoisotopic (exact) mass is 434 g/mol. The summed E-state index contributed by atoms with van der Waals surface area (Å²) in [4.78, 5) is 2.49. The first-order valence-electron chi connectivity index (χ1n) is 10.6. The number of hydrogen-bond acceptors (Lipinski definition) is 5. The number of fused-ring (bicyclic) bond motifs is 5. The Bertz CT molecular complexity index is 1130. The van der Waals surface area contributed by atoms with Gasteiger partial charge in [-0.2, -0.15) is 0 Å². The molecule has 6 rings (SSSR count). The minimum atomic E-state index is -0.170. The number of benzene rings is 3. The van der Waals surface area contributed by atoms with E-state index in [2.05, 4.69) is 40.5 Å². The summed E-state index contributed by atoms with van der Waals surface area (Å²) in [5, 5.41) is 4.24. The van der Waals surface area contributed by atoms with Gasteiger partial charge in [-0.1, -0.05) is 29.8 Å². The number of ether oxygens (including phenoxy) is 3. The van der Waals surface area contributed by atoms with Crippen LogP contribution in [-0.2, 0) is 5.41 Å². The summed E-state index contributed by atoms with van der Waals surface area (Å²) in [7, 11) is 0. The van der Waals surface area contributed by atoms with Gasteiger partial charge in [0.15, 0.2) is 11.5 Å². The van der Waals surface area contributed by atoms with E-state index in [4.69, 9.17) is 25.8 Å². The van der Waals surface area contributed by atoms with Gasteiger partial charge in [0, 0.05) is 47.7 Å². The van der Waals surface area contributed by atoms with Crippen molar-refractivity contribution in [2.24, 2.45) is 0 Å². The minimum absolute atomic E-state index is 0.170. The first-order chi connectivity index (χ1) is 15.2. The number of halogens is 1. The molecular weight excluding hydrogens is 412 g/mol. The zero-order valence-corrected chi connectivity index (χ0v) is 17.8. The molecule has 0 amide bonds. The van der Waals surface area contributed by atoms with Crippen LogP contribution in [0, 0.1) is 0 Å². The predicted molar refractivity (Wildman–Crippen MR) is 122 cm³/mol. The van der Waals surface area contributed by atoms with Gasteiger partial charge in [0.25, 0.3) is 0 Å². The molecule has 1 unspecified atom stereocenters. The lowest BCUT2D eigenvalue weighted by Crippen LogP contribution is -2.36. The molecule has 0 aliphatic carbocycles. The van der Waals surface area contributed by atoms with E-state index >= 15 is 0 Å². The van der Waals surface area contributed by atoms with Crippen LogP contribution in [-0.4, -0.2) is 33.0 Å². The van der Waals surface area contributed by atoms with E-state index < -0.39 is 0 Å². The molecule has 3 aromatic carbocycles. The van der Waals surface area contributed by atoms with Crippen LogP contribution in [0.4, 0.5) is 11.4 Å². The Morgan fingerprint density at radius 3 is 2.58 bits per heavy atom. The van der Waals surface area contributed by atoms with E-state index in [1.807, 2.05) is 30.3 Å². The highest BCUT2D eigenvalue weighted by Crippen LogP contribution is 2.54. The molecule has 158 valence electrons. The molecule has 3 aliphatic rings. The van der Waals surface area contributed by atoms with Crippen LogP contribution in [0.25, 0.3) is 0 Å². The van der Waals surface area contributed by atoms with E-state index in [9.17, 15) is 0 Å². The van der Waals surface area contributed by atoms with Gasteiger partial charge in [-0.25, -0.2) is 0 Å². The summed E-state index contributed by atoms with van der Waals surface area (Å²) >= 11 is 5.97. The number of nitrogens with one attached hydrogen (secondary N) is 1. The van der Waals surface area contributed by atoms with Crippen LogP contribution in [0.2, 0.25) is 5.02 Å². The van der Waals surface area contributed by atoms with Crippen molar-refractivity contribution in [1.82, 2.24) is 0 Å². The van der Waals surface area contributed by atoms with Crippen LogP contribution < -0.4 is 24.4 Å². The van der Waals surface area contributed by atoms with Crippen molar-refractivity contribution >= 4 is 23.0 Å². The zero-order chi connectivity index (χ0) is 20.8.